The Labute approximate surface area is 238 Å². The average molecular weight is 556 g/mol. The van der Waals surface area contributed by atoms with Crippen molar-refractivity contribution in [2.45, 2.75) is 12.1 Å². The molecule has 3 nitrogen and oxygen atoms in total. The number of nitrogens with zero attached hydrogens (tertiary/aromatic N) is 1. The molecule has 0 spiro atoms. The van der Waals surface area contributed by atoms with Gasteiger partial charge in [0.15, 0.2) is 0 Å². The fraction of sp³-hybridized carbons (Fsp3) is 0.0556. The number of H-pyrrole nitrogens is 2. The third-order valence-electron chi connectivity index (χ3n) is 8.18. The van der Waals surface area contributed by atoms with Gasteiger partial charge in [-0.3, -0.25) is 0 Å². The van der Waals surface area contributed by atoms with E-state index in [9.17, 15) is 13.2 Å². The van der Waals surface area contributed by atoms with Crippen LogP contribution in [0.5, 0.6) is 0 Å². The number of benzene rings is 5. The first kappa shape index (κ1) is 24.6. The fourth-order valence-corrected chi connectivity index (χ4v) is 6.26. The molecule has 1 atom stereocenters. The SMILES string of the molecule is FC(F)(F)C(c1ccc(-c2ccc(-n3c4ccccc4c4ccccc43)cc2)[nH]1)c1cc2cc3ccccc3cc2[nH]1. The quantitative estimate of drug-likeness (QED) is 0.217. The molecule has 8 rings (SSSR count). The van der Waals surface area contributed by atoms with Gasteiger partial charge in [-0.1, -0.05) is 72.8 Å². The summed E-state index contributed by atoms with van der Waals surface area (Å²) in [6.07, 6.45) is -4.48. The highest BCUT2D eigenvalue weighted by Crippen LogP contribution is 2.41. The summed E-state index contributed by atoms with van der Waals surface area (Å²) in [5.74, 6) is -1.81. The van der Waals surface area contributed by atoms with Crippen molar-refractivity contribution in [3.05, 3.63) is 139 Å². The number of rotatable bonds is 4. The van der Waals surface area contributed by atoms with Crippen LogP contribution in [0.2, 0.25) is 0 Å². The van der Waals surface area contributed by atoms with Gasteiger partial charge in [0.25, 0.3) is 0 Å². The molecule has 0 amide bonds. The maximum absolute atomic E-state index is 14.5. The largest absolute Gasteiger partial charge is 0.402 e. The van der Waals surface area contributed by atoms with E-state index in [0.29, 0.717) is 11.2 Å². The number of halogens is 3. The van der Waals surface area contributed by atoms with Crippen LogP contribution in [0.4, 0.5) is 13.2 Å². The third kappa shape index (κ3) is 3.90. The molecule has 6 heteroatoms. The zero-order valence-corrected chi connectivity index (χ0v) is 22.3. The van der Waals surface area contributed by atoms with Gasteiger partial charge in [0.05, 0.1) is 11.0 Å². The Morgan fingerprint density at radius 1 is 0.548 bits per heavy atom. The number of aromatic amines is 2. The molecule has 204 valence electrons. The van der Waals surface area contributed by atoms with Crippen LogP contribution in [0.3, 0.4) is 0 Å². The van der Waals surface area contributed by atoms with Gasteiger partial charge in [-0.05, 0) is 70.9 Å². The van der Waals surface area contributed by atoms with Crippen LogP contribution in [-0.2, 0) is 0 Å². The van der Waals surface area contributed by atoms with Crippen LogP contribution in [0.25, 0.3) is 60.4 Å². The molecular weight excluding hydrogens is 531 g/mol. The van der Waals surface area contributed by atoms with E-state index in [1.54, 1.807) is 12.1 Å². The first-order valence-corrected chi connectivity index (χ1v) is 13.8. The van der Waals surface area contributed by atoms with E-state index in [2.05, 4.69) is 38.8 Å². The Bertz CT molecular complexity index is 2140. The molecule has 5 aromatic carbocycles. The van der Waals surface area contributed by atoms with Gasteiger partial charge in [-0.15, -0.1) is 0 Å². The maximum atomic E-state index is 14.5. The molecule has 0 bridgehead atoms. The highest BCUT2D eigenvalue weighted by atomic mass is 19.4. The number of nitrogens with one attached hydrogen (secondary N) is 2. The summed E-state index contributed by atoms with van der Waals surface area (Å²) >= 11 is 0. The summed E-state index contributed by atoms with van der Waals surface area (Å²) in [6, 6.07) is 41.0. The van der Waals surface area contributed by atoms with E-state index < -0.39 is 12.1 Å². The van der Waals surface area contributed by atoms with Gasteiger partial charge in [-0.2, -0.15) is 13.2 Å². The normalized spacial score (nSPS) is 13.0. The summed E-state index contributed by atoms with van der Waals surface area (Å²) in [4.78, 5) is 6.13. The van der Waals surface area contributed by atoms with Crippen molar-refractivity contribution in [2.24, 2.45) is 0 Å². The van der Waals surface area contributed by atoms with E-state index in [0.717, 1.165) is 38.4 Å². The van der Waals surface area contributed by atoms with Crippen LogP contribution in [0, 0.1) is 0 Å². The van der Waals surface area contributed by atoms with Crippen LogP contribution in [0.1, 0.15) is 17.3 Å². The van der Waals surface area contributed by atoms with Gasteiger partial charge in [0.1, 0.15) is 5.92 Å². The monoisotopic (exact) mass is 555 g/mol. The van der Waals surface area contributed by atoms with E-state index >= 15 is 0 Å². The molecule has 0 radical (unpaired) electrons. The Hall–Kier alpha value is -5.23. The summed E-state index contributed by atoms with van der Waals surface area (Å²) in [7, 11) is 0. The van der Waals surface area contributed by atoms with Crippen LogP contribution in [-0.4, -0.2) is 20.7 Å². The van der Waals surface area contributed by atoms with Gasteiger partial charge in [0, 0.05) is 44.4 Å². The average Bonchev–Trinajstić information content (AvgIpc) is 3.71. The second kappa shape index (κ2) is 9.14. The molecule has 3 heterocycles. The number of fused-ring (bicyclic) bond motifs is 5. The maximum Gasteiger partial charge on any atom is 0.402 e. The summed E-state index contributed by atoms with van der Waals surface area (Å²) in [6.45, 7) is 0. The van der Waals surface area contributed by atoms with Crippen molar-refractivity contribution in [3.8, 4) is 16.9 Å². The second-order valence-corrected chi connectivity index (χ2v) is 10.7. The number of alkyl halides is 3. The van der Waals surface area contributed by atoms with Gasteiger partial charge < -0.3 is 14.5 Å². The highest BCUT2D eigenvalue weighted by Gasteiger charge is 2.43. The van der Waals surface area contributed by atoms with Crippen molar-refractivity contribution in [2.75, 3.05) is 0 Å². The summed E-state index contributed by atoms with van der Waals surface area (Å²) in [5, 5.41) is 5.08. The van der Waals surface area contributed by atoms with Crippen molar-refractivity contribution in [1.29, 1.82) is 0 Å². The zero-order chi connectivity index (χ0) is 28.4. The van der Waals surface area contributed by atoms with E-state index in [1.807, 2.05) is 84.9 Å². The van der Waals surface area contributed by atoms with E-state index in [-0.39, 0.29) is 11.4 Å². The lowest BCUT2D eigenvalue weighted by atomic mass is 10.0. The number of para-hydroxylation sites is 2. The Kier molecular flexibility index (Phi) is 5.35. The molecule has 2 N–H and O–H groups in total. The number of hydrogen-bond donors (Lipinski definition) is 2. The fourth-order valence-electron chi connectivity index (χ4n) is 6.26. The molecule has 1 unspecified atom stereocenters. The Balaban J connectivity index is 1.16. The molecule has 0 aliphatic heterocycles. The van der Waals surface area contributed by atoms with E-state index in [1.165, 1.54) is 16.8 Å². The lowest BCUT2D eigenvalue weighted by Crippen LogP contribution is -2.22. The first-order chi connectivity index (χ1) is 20.4. The van der Waals surface area contributed by atoms with Crippen LogP contribution < -0.4 is 0 Å². The van der Waals surface area contributed by atoms with Crippen molar-refractivity contribution in [3.63, 3.8) is 0 Å². The Morgan fingerprint density at radius 3 is 1.83 bits per heavy atom. The third-order valence-corrected chi connectivity index (χ3v) is 8.18. The molecule has 42 heavy (non-hydrogen) atoms. The predicted molar refractivity (Wildman–Crippen MR) is 164 cm³/mol. The molecule has 0 aliphatic rings. The topological polar surface area (TPSA) is 36.5 Å². The molecule has 3 aromatic heterocycles. The predicted octanol–water partition coefficient (Wildman–Crippen LogP) is 10.1. The second-order valence-electron chi connectivity index (χ2n) is 10.7. The minimum atomic E-state index is -4.48. The van der Waals surface area contributed by atoms with Crippen LogP contribution >= 0.6 is 0 Å². The van der Waals surface area contributed by atoms with Crippen molar-refractivity contribution >= 4 is 43.5 Å². The standard InChI is InChI=1S/C36H24F3N3/c37-36(38,39)35(32-21-25-19-23-7-1-2-8-24(23)20-31(25)41-32)30-18-17-29(40-30)22-13-15-26(16-14-22)42-33-11-5-3-9-27(33)28-10-4-6-12-34(28)42/h1-21,35,40-41H. The smallest absolute Gasteiger partial charge is 0.358 e. The Morgan fingerprint density at radius 2 is 1.17 bits per heavy atom. The lowest BCUT2D eigenvalue weighted by Gasteiger charge is -2.18. The van der Waals surface area contributed by atoms with Crippen molar-refractivity contribution in [1.82, 2.24) is 14.5 Å². The molecule has 8 aromatic rings. The molecule has 0 aliphatic carbocycles. The van der Waals surface area contributed by atoms with Gasteiger partial charge >= 0.3 is 6.18 Å². The minimum absolute atomic E-state index is 0.0973. The van der Waals surface area contributed by atoms with E-state index in [4.69, 9.17) is 0 Å². The summed E-state index contributed by atoms with van der Waals surface area (Å²) in [5.41, 5.74) is 5.54. The number of hydrogen-bond acceptors (Lipinski definition) is 0. The van der Waals surface area contributed by atoms with Crippen LogP contribution in [0.15, 0.2) is 127 Å². The molecular formula is C36H24F3N3. The first-order valence-electron chi connectivity index (χ1n) is 13.8. The highest BCUT2D eigenvalue weighted by molar-refractivity contribution is 6.09. The molecule has 0 saturated heterocycles. The molecule has 0 saturated carbocycles. The van der Waals surface area contributed by atoms with Crippen molar-refractivity contribution < 1.29 is 13.2 Å². The molecule has 0 fully saturated rings. The zero-order valence-electron chi connectivity index (χ0n) is 22.3. The van der Waals surface area contributed by atoms with Gasteiger partial charge in [0.2, 0.25) is 0 Å². The summed E-state index contributed by atoms with van der Waals surface area (Å²) < 4.78 is 45.8. The minimum Gasteiger partial charge on any atom is -0.358 e. The number of aromatic nitrogens is 3. The van der Waals surface area contributed by atoms with Gasteiger partial charge in [-0.25, -0.2) is 0 Å². The lowest BCUT2D eigenvalue weighted by molar-refractivity contribution is -0.142.